The fourth-order valence-corrected chi connectivity index (χ4v) is 2.74. The Kier molecular flexibility index (Phi) is 3.90. The van der Waals surface area contributed by atoms with E-state index in [1.807, 2.05) is 31.0 Å². The fourth-order valence-electron chi connectivity index (χ4n) is 2.74. The largest absolute Gasteiger partial charge is 0.399 e. The molecule has 0 spiro atoms. The summed E-state index contributed by atoms with van der Waals surface area (Å²) in [4.78, 5) is 14.2. The van der Waals surface area contributed by atoms with Crippen LogP contribution in [0.2, 0.25) is 0 Å². The van der Waals surface area contributed by atoms with Crippen LogP contribution in [-0.4, -0.2) is 24.4 Å². The molecule has 1 fully saturated rings. The highest BCUT2D eigenvalue weighted by molar-refractivity contribution is 5.96. The van der Waals surface area contributed by atoms with Crippen LogP contribution in [-0.2, 0) is 0 Å². The van der Waals surface area contributed by atoms with Gasteiger partial charge in [0.25, 0.3) is 5.91 Å². The predicted molar refractivity (Wildman–Crippen MR) is 74.5 cm³/mol. The van der Waals surface area contributed by atoms with Crippen molar-refractivity contribution >= 4 is 11.6 Å². The molecule has 1 aliphatic rings. The number of aryl methyl sites for hydroxylation is 1. The van der Waals surface area contributed by atoms with Gasteiger partial charge in [-0.3, -0.25) is 4.79 Å². The van der Waals surface area contributed by atoms with Crippen molar-refractivity contribution in [3.05, 3.63) is 29.3 Å². The number of carbonyl (C=O) groups is 1. The van der Waals surface area contributed by atoms with Gasteiger partial charge in [0.2, 0.25) is 0 Å². The van der Waals surface area contributed by atoms with E-state index in [0.29, 0.717) is 11.6 Å². The van der Waals surface area contributed by atoms with E-state index in [1.54, 1.807) is 6.07 Å². The molecule has 0 aliphatic heterocycles. The number of nitrogens with zero attached hydrogens (tertiary/aromatic N) is 1. The maximum Gasteiger partial charge on any atom is 0.253 e. The molecule has 3 nitrogen and oxygen atoms in total. The first-order valence-electron chi connectivity index (χ1n) is 6.69. The molecular formula is C15H22N2O. The molecule has 1 aliphatic carbocycles. The molecule has 0 saturated heterocycles. The Morgan fingerprint density at radius 1 is 1.39 bits per heavy atom. The molecule has 1 aromatic rings. The molecule has 0 unspecified atom stereocenters. The molecule has 0 bridgehead atoms. The van der Waals surface area contributed by atoms with Gasteiger partial charge in [-0.15, -0.1) is 0 Å². The third-order valence-corrected chi connectivity index (χ3v) is 3.85. The second-order valence-corrected chi connectivity index (χ2v) is 5.41. The summed E-state index contributed by atoms with van der Waals surface area (Å²) in [5.41, 5.74) is 8.13. The maximum atomic E-state index is 12.4. The summed E-state index contributed by atoms with van der Waals surface area (Å²) < 4.78 is 0. The lowest BCUT2D eigenvalue weighted by Gasteiger charge is -2.22. The summed E-state index contributed by atoms with van der Waals surface area (Å²) in [7, 11) is 1.89. The summed E-state index contributed by atoms with van der Waals surface area (Å²) in [6, 6.07) is 5.53. The Bertz CT molecular complexity index is 436. The van der Waals surface area contributed by atoms with E-state index in [-0.39, 0.29) is 5.91 Å². The summed E-state index contributed by atoms with van der Waals surface area (Å²) in [6.45, 7) is 2.82. The van der Waals surface area contributed by atoms with Crippen molar-refractivity contribution in [2.75, 3.05) is 19.3 Å². The van der Waals surface area contributed by atoms with E-state index >= 15 is 0 Å². The van der Waals surface area contributed by atoms with Gasteiger partial charge in [0.1, 0.15) is 0 Å². The fraction of sp³-hybridized carbons (Fsp3) is 0.533. The van der Waals surface area contributed by atoms with E-state index in [1.165, 1.54) is 25.7 Å². The number of amides is 1. The number of hydrogen-bond donors (Lipinski definition) is 1. The topological polar surface area (TPSA) is 46.3 Å². The van der Waals surface area contributed by atoms with Crippen molar-refractivity contribution in [1.82, 2.24) is 4.90 Å². The Hall–Kier alpha value is -1.51. The lowest BCUT2D eigenvalue weighted by atomic mass is 10.0. The highest BCUT2D eigenvalue weighted by Crippen LogP contribution is 2.26. The van der Waals surface area contributed by atoms with Gasteiger partial charge in [-0.1, -0.05) is 18.9 Å². The molecule has 18 heavy (non-hydrogen) atoms. The molecule has 1 amide bonds. The van der Waals surface area contributed by atoms with Crippen molar-refractivity contribution in [3.8, 4) is 0 Å². The third kappa shape index (κ3) is 2.84. The molecular weight excluding hydrogens is 224 g/mol. The molecule has 1 saturated carbocycles. The van der Waals surface area contributed by atoms with Gasteiger partial charge < -0.3 is 10.6 Å². The third-order valence-electron chi connectivity index (χ3n) is 3.85. The average molecular weight is 246 g/mol. The van der Waals surface area contributed by atoms with Crippen LogP contribution in [0.5, 0.6) is 0 Å². The number of benzene rings is 1. The zero-order valence-electron chi connectivity index (χ0n) is 11.3. The van der Waals surface area contributed by atoms with Crippen molar-refractivity contribution < 1.29 is 4.79 Å². The van der Waals surface area contributed by atoms with Crippen LogP contribution in [0.25, 0.3) is 0 Å². The highest BCUT2D eigenvalue weighted by atomic mass is 16.2. The quantitative estimate of drug-likeness (QED) is 0.834. The Labute approximate surface area is 109 Å². The minimum absolute atomic E-state index is 0.0895. The normalized spacial score (nSPS) is 15.9. The first-order valence-corrected chi connectivity index (χ1v) is 6.69. The van der Waals surface area contributed by atoms with Crippen LogP contribution in [0, 0.1) is 12.8 Å². The van der Waals surface area contributed by atoms with Crippen LogP contribution in [0.4, 0.5) is 5.69 Å². The lowest BCUT2D eigenvalue weighted by molar-refractivity contribution is 0.0772. The zero-order valence-corrected chi connectivity index (χ0v) is 11.3. The first-order chi connectivity index (χ1) is 8.58. The van der Waals surface area contributed by atoms with E-state index in [9.17, 15) is 4.79 Å². The van der Waals surface area contributed by atoms with Gasteiger partial charge >= 0.3 is 0 Å². The SMILES string of the molecule is Cc1ccc(N)cc1C(=O)N(C)CC1CCCC1. The van der Waals surface area contributed by atoms with Gasteiger partial charge in [0.15, 0.2) is 0 Å². The van der Waals surface area contributed by atoms with Crippen LogP contribution in [0.1, 0.15) is 41.6 Å². The van der Waals surface area contributed by atoms with Gasteiger partial charge in [-0.2, -0.15) is 0 Å². The predicted octanol–water partition coefficient (Wildman–Crippen LogP) is 2.84. The van der Waals surface area contributed by atoms with Gasteiger partial charge in [0, 0.05) is 24.8 Å². The number of nitrogen functional groups attached to an aromatic ring is 1. The average Bonchev–Trinajstić information content (AvgIpc) is 2.84. The minimum Gasteiger partial charge on any atom is -0.399 e. The van der Waals surface area contributed by atoms with E-state index in [4.69, 9.17) is 5.73 Å². The van der Waals surface area contributed by atoms with E-state index in [2.05, 4.69) is 0 Å². The Morgan fingerprint density at radius 2 is 2.06 bits per heavy atom. The van der Waals surface area contributed by atoms with E-state index < -0.39 is 0 Å². The van der Waals surface area contributed by atoms with Crippen LogP contribution in [0.3, 0.4) is 0 Å². The van der Waals surface area contributed by atoms with Crippen LogP contribution in [0.15, 0.2) is 18.2 Å². The number of rotatable bonds is 3. The molecule has 0 radical (unpaired) electrons. The number of carbonyl (C=O) groups excluding carboxylic acids is 1. The molecule has 98 valence electrons. The number of anilines is 1. The molecule has 0 atom stereocenters. The van der Waals surface area contributed by atoms with E-state index in [0.717, 1.165) is 17.7 Å². The van der Waals surface area contributed by atoms with Gasteiger partial charge in [-0.05, 0) is 43.4 Å². The van der Waals surface area contributed by atoms with Gasteiger partial charge in [0.05, 0.1) is 0 Å². The van der Waals surface area contributed by atoms with Crippen LogP contribution >= 0.6 is 0 Å². The standard InChI is InChI=1S/C15H22N2O/c1-11-7-8-13(16)9-14(11)15(18)17(2)10-12-5-3-4-6-12/h7-9,12H,3-6,10,16H2,1-2H3. The van der Waals surface area contributed by atoms with Crippen LogP contribution < -0.4 is 5.73 Å². The summed E-state index contributed by atoms with van der Waals surface area (Å²) >= 11 is 0. The first kappa shape index (κ1) is 12.9. The molecule has 3 heteroatoms. The maximum absolute atomic E-state index is 12.4. The second-order valence-electron chi connectivity index (χ2n) is 5.41. The highest BCUT2D eigenvalue weighted by Gasteiger charge is 2.21. The smallest absolute Gasteiger partial charge is 0.253 e. The summed E-state index contributed by atoms with van der Waals surface area (Å²) in [5, 5.41) is 0. The Morgan fingerprint density at radius 3 is 2.72 bits per heavy atom. The zero-order chi connectivity index (χ0) is 13.1. The van der Waals surface area contributed by atoms with Crippen molar-refractivity contribution in [2.24, 2.45) is 5.92 Å². The molecule has 2 rings (SSSR count). The number of nitrogens with two attached hydrogens (primary N) is 1. The monoisotopic (exact) mass is 246 g/mol. The minimum atomic E-state index is 0.0895. The van der Waals surface area contributed by atoms with Crippen molar-refractivity contribution in [3.63, 3.8) is 0 Å². The van der Waals surface area contributed by atoms with Gasteiger partial charge in [-0.25, -0.2) is 0 Å². The van der Waals surface area contributed by atoms with Crippen molar-refractivity contribution in [2.45, 2.75) is 32.6 Å². The van der Waals surface area contributed by atoms with Crippen molar-refractivity contribution in [1.29, 1.82) is 0 Å². The molecule has 2 N–H and O–H groups in total. The number of hydrogen-bond acceptors (Lipinski definition) is 2. The summed E-state index contributed by atoms with van der Waals surface area (Å²) in [6.07, 6.45) is 5.13. The molecule has 0 aromatic heterocycles. The summed E-state index contributed by atoms with van der Waals surface area (Å²) in [5.74, 6) is 0.770. The lowest BCUT2D eigenvalue weighted by Crippen LogP contribution is -2.31. The molecule has 0 heterocycles. The molecule has 1 aromatic carbocycles. The second kappa shape index (κ2) is 5.42. The Balaban J connectivity index is 2.07.